The van der Waals surface area contributed by atoms with Crippen LogP contribution in [-0.4, -0.2) is 51.1 Å². The summed E-state index contributed by atoms with van der Waals surface area (Å²) in [5, 5.41) is 6.57. The Morgan fingerprint density at radius 2 is 1.45 bits per heavy atom. The van der Waals surface area contributed by atoms with Gasteiger partial charge in [-0.3, -0.25) is 9.79 Å². The Labute approximate surface area is 202 Å². The van der Waals surface area contributed by atoms with Gasteiger partial charge in [0.1, 0.15) is 0 Å². The SMILES string of the molecule is CCN(CC)C(=O)c1ccc(CNC(=NC)NCc2ccc(OC)c(OC)c2)cc1.I. The molecule has 0 heterocycles. The zero-order chi connectivity index (χ0) is 21.9. The number of carbonyl (C=O) groups excluding carboxylic acids is 1. The fourth-order valence-electron chi connectivity index (χ4n) is 3.04. The minimum absolute atomic E-state index is 0. The number of aliphatic imine (C=N–C) groups is 1. The third-order valence-electron chi connectivity index (χ3n) is 4.84. The molecule has 31 heavy (non-hydrogen) atoms. The molecule has 0 radical (unpaired) electrons. The van der Waals surface area contributed by atoms with Crippen molar-refractivity contribution in [2.45, 2.75) is 26.9 Å². The average Bonchev–Trinajstić information content (AvgIpc) is 2.80. The van der Waals surface area contributed by atoms with Crippen molar-refractivity contribution in [3.05, 3.63) is 59.2 Å². The van der Waals surface area contributed by atoms with E-state index in [1.807, 2.05) is 61.2 Å². The molecular formula is C23H33IN4O3. The number of hydrogen-bond acceptors (Lipinski definition) is 4. The molecule has 2 aromatic rings. The molecule has 0 aliphatic carbocycles. The maximum Gasteiger partial charge on any atom is 0.253 e. The molecule has 1 amide bonds. The summed E-state index contributed by atoms with van der Waals surface area (Å²) in [7, 11) is 4.97. The average molecular weight is 540 g/mol. The number of carbonyl (C=O) groups is 1. The maximum atomic E-state index is 12.4. The highest BCUT2D eigenvalue weighted by atomic mass is 127. The Kier molecular flexibility index (Phi) is 11.8. The van der Waals surface area contributed by atoms with Gasteiger partial charge in [0.25, 0.3) is 5.91 Å². The van der Waals surface area contributed by atoms with Crippen LogP contribution in [0.25, 0.3) is 0 Å². The van der Waals surface area contributed by atoms with Crippen molar-refractivity contribution in [2.24, 2.45) is 4.99 Å². The molecule has 0 atom stereocenters. The predicted octanol–water partition coefficient (Wildman–Crippen LogP) is 3.67. The summed E-state index contributed by atoms with van der Waals surface area (Å²) in [5.74, 6) is 2.14. The second-order valence-electron chi connectivity index (χ2n) is 6.64. The van der Waals surface area contributed by atoms with Gasteiger partial charge in [0, 0.05) is 38.8 Å². The second kappa shape index (κ2) is 13.7. The number of guanidine groups is 1. The van der Waals surface area contributed by atoms with Gasteiger partial charge in [-0.05, 0) is 49.2 Å². The van der Waals surface area contributed by atoms with E-state index >= 15 is 0 Å². The largest absolute Gasteiger partial charge is 0.493 e. The Morgan fingerprint density at radius 1 is 0.903 bits per heavy atom. The van der Waals surface area contributed by atoms with Gasteiger partial charge in [0.2, 0.25) is 0 Å². The zero-order valence-corrected chi connectivity index (χ0v) is 21.2. The topological polar surface area (TPSA) is 75.2 Å². The highest BCUT2D eigenvalue weighted by Gasteiger charge is 2.12. The van der Waals surface area contributed by atoms with Crippen LogP contribution in [0.1, 0.15) is 35.3 Å². The molecule has 0 fully saturated rings. The summed E-state index contributed by atoms with van der Waals surface area (Å²) >= 11 is 0. The summed E-state index contributed by atoms with van der Waals surface area (Å²) in [6, 6.07) is 13.5. The van der Waals surface area contributed by atoms with Crippen molar-refractivity contribution in [2.75, 3.05) is 34.4 Å². The lowest BCUT2D eigenvalue weighted by Crippen LogP contribution is -2.36. The third-order valence-corrected chi connectivity index (χ3v) is 4.84. The molecular weight excluding hydrogens is 507 g/mol. The van der Waals surface area contributed by atoms with E-state index in [4.69, 9.17) is 9.47 Å². The molecule has 0 saturated heterocycles. The molecule has 0 aromatic heterocycles. The smallest absolute Gasteiger partial charge is 0.253 e. The number of ether oxygens (including phenoxy) is 2. The fraction of sp³-hybridized carbons (Fsp3) is 0.391. The van der Waals surface area contributed by atoms with Crippen LogP contribution in [0.5, 0.6) is 11.5 Å². The van der Waals surface area contributed by atoms with E-state index in [0.29, 0.717) is 49.2 Å². The molecule has 0 bridgehead atoms. The summed E-state index contributed by atoms with van der Waals surface area (Å²) in [4.78, 5) is 18.5. The van der Waals surface area contributed by atoms with Gasteiger partial charge in [0.05, 0.1) is 14.2 Å². The van der Waals surface area contributed by atoms with Gasteiger partial charge in [-0.1, -0.05) is 18.2 Å². The van der Waals surface area contributed by atoms with E-state index in [1.165, 1.54) is 0 Å². The molecule has 0 aliphatic heterocycles. The molecule has 2 rings (SSSR count). The monoisotopic (exact) mass is 540 g/mol. The minimum atomic E-state index is 0. The van der Waals surface area contributed by atoms with E-state index in [9.17, 15) is 4.79 Å². The Hall–Kier alpha value is -2.49. The summed E-state index contributed by atoms with van der Waals surface area (Å²) in [5.41, 5.74) is 2.83. The van der Waals surface area contributed by atoms with Crippen molar-refractivity contribution in [3.8, 4) is 11.5 Å². The molecule has 170 valence electrons. The van der Waals surface area contributed by atoms with Crippen LogP contribution in [0.2, 0.25) is 0 Å². The van der Waals surface area contributed by atoms with Crippen molar-refractivity contribution in [1.82, 2.24) is 15.5 Å². The van der Waals surface area contributed by atoms with Gasteiger partial charge < -0.3 is 25.0 Å². The zero-order valence-electron chi connectivity index (χ0n) is 18.9. The maximum absolute atomic E-state index is 12.4. The molecule has 0 spiro atoms. The van der Waals surface area contributed by atoms with E-state index < -0.39 is 0 Å². The number of halogens is 1. The molecule has 7 nitrogen and oxygen atoms in total. The predicted molar refractivity (Wildman–Crippen MR) is 136 cm³/mol. The molecule has 0 aliphatic rings. The van der Waals surface area contributed by atoms with Gasteiger partial charge in [-0.25, -0.2) is 0 Å². The normalized spacial score (nSPS) is 10.7. The van der Waals surface area contributed by atoms with Crippen molar-refractivity contribution in [1.29, 1.82) is 0 Å². The van der Waals surface area contributed by atoms with E-state index in [-0.39, 0.29) is 29.9 Å². The highest BCUT2D eigenvalue weighted by molar-refractivity contribution is 14.0. The number of methoxy groups -OCH3 is 2. The first kappa shape index (κ1) is 26.5. The number of hydrogen-bond donors (Lipinski definition) is 2. The van der Waals surface area contributed by atoms with Crippen LogP contribution < -0.4 is 20.1 Å². The number of nitrogens with zero attached hydrogens (tertiary/aromatic N) is 2. The lowest BCUT2D eigenvalue weighted by molar-refractivity contribution is 0.0773. The first-order chi connectivity index (χ1) is 14.6. The molecule has 0 unspecified atom stereocenters. The van der Waals surface area contributed by atoms with Crippen LogP contribution in [0.15, 0.2) is 47.5 Å². The van der Waals surface area contributed by atoms with E-state index in [0.717, 1.165) is 11.1 Å². The molecule has 8 heteroatoms. The Balaban J connectivity index is 0.00000480. The first-order valence-electron chi connectivity index (χ1n) is 10.1. The van der Waals surface area contributed by atoms with Crippen molar-refractivity contribution < 1.29 is 14.3 Å². The van der Waals surface area contributed by atoms with Crippen LogP contribution in [0, 0.1) is 0 Å². The number of nitrogens with one attached hydrogen (secondary N) is 2. The minimum Gasteiger partial charge on any atom is -0.493 e. The second-order valence-corrected chi connectivity index (χ2v) is 6.64. The Bertz CT molecular complexity index is 852. The fourth-order valence-corrected chi connectivity index (χ4v) is 3.04. The first-order valence-corrected chi connectivity index (χ1v) is 10.1. The summed E-state index contributed by atoms with van der Waals surface area (Å²) in [6.45, 7) is 6.59. The summed E-state index contributed by atoms with van der Waals surface area (Å²) in [6.07, 6.45) is 0. The highest BCUT2D eigenvalue weighted by Crippen LogP contribution is 2.27. The number of rotatable bonds is 9. The van der Waals surface area contributed by atoms with Gasteiger partial charge in [-0.2, -0.15) is 0 Å². The van der Waals surface area contributed by atoms with E-state index in [1.54, 1.807) is 21.3 Å². The van der Waals surface area contributed by atoms with E-state index in [2.05, 4.69) is 15.6 Å². The van der Waals surface area contributed by atoms with Crippen LogP contribution >= 0.6 is 24.0 Å². The number of benzene rings is 2. The van der Waals surface area contributed by atoms with Crippen LogP contribution in [0.4, 0.5) is 0 Å². The Morgan fingerprint density at radius 3 is 1.97 bits per heavy atom. The standard InChI is InChI=1S/C23H32N4O3.HI/c1-6-27(7-2)22(28)19-11-8-17(9-12-19)15-25-23(24-3)26-16-18-10-13-20(29-4)21(14-18)30-5;/h8-14H,6-7,15-16H2,1-5H3,(H2,24,25,26);1H. The van der Waals surface area contributed by atoms with Crippen molar-refractivity contribution in [3.63, 3.8) is 0 Å². The van der Waals surface area contributed by atoms with Gasteiger partial charge in [-0.15, -0.1) is 24.0 Å². The third kappa shape index (κ3) is 7.61. The van der Waals surface area contributed by atoms with Gasteiger partial charge in [0.15, 0.2) is 17.5 Å². The van der Waals surface area contributed by atoms with Crippen LogP contribution in [-0.2, 0) is 13.1 Å². The lowest BCUT2D eigenvalue weighted by Gasteiger charge is -2.18. The van der Waals surface area contributed by atoms with Crippen molar-refractivity contribution >= 4 is 35.8 Å². The summed E-state index contributed by atoms with van der Waals surface area (Å²) < 4.78 is 10.6. The number of amides is 1. The lowest BCUT2D eigenvalue weighted by atomic mass is 10.1. The quantitative estimate of drug-likeness (QED) is 0.289. The molecule has 2 aromatic carbocycles. The van der Waals surface area contributed by atoms with Gasteiger partial charge >= 0.3 is 0 Å². The van der Waals surface area contributed by atoms with Crippen LogP contribution in [0.3, 0.4) is 0 Å². The molecule has 2 N–H and O–H groups in total. The molecule has 0 saturated carbocycles.